The maximum absolute atomic E-state index is 12.6. The van der Waals surface area contributed by atoms with Gasteiger partial charge in [-0.1, -0.05) is 0 Å². The van der Waals surface area contributed by atoms with Crippen LogP contribution in [0.4, 0.5) is 18.0 Å². The highest BCUT2D eigenvalue weighted by Crippen LogP contribution is 2.53. The number of hydrogen-bond acceptors (Lipinski definition) is 4. The van der Waals surface area contributed by atoms with Gasteiger partial charge in [-0.2, -0.15) is 18.3 Å². The molecule has 2 spiro atoms. The van der Waals surface area contributed by atoms with Crippen LogP contribution < -0.4 is 5.32 Å². The topological polar surface area (TPSA) is 78.4 Å². The Bertz CT molecular complexity index is 836. The molecule has 0 bridgehead atoms. The molecule has 1 aromatic rings. The summed E-state index contributed by atoms with van der Waals surface area (Å²) in [5, 5.41) is 9.97. The molecule has 1 aromatic heterocycles. The number of halogens is 3. The molecule has 0 atom stereocenters. The second kappa shape index (κ2) is 6.06. The Hall–Kier alpha value is -2.39. The van der Waals surface area contributed by atoms with E-state index in [1.807, 2.05) is 4.90 Å². The lowest BCUT2D eigenvalue weighted by Crippen LogP contribution is -2.73. The first-order valence-corrected chi connectivity index (χ1v) is 9.90. The average Bonchev–Trinajstić information content (AvgIpc) is 2.96. The first-order chi connectivity index (χ1) is 13.7. The lowest BCUT2D eigenvalue weighted by Gasteiger charge is -2.61. The number of carbonyl (C=O) groups is 2. The van der Waals surface area contributed by atoms with E-state index in [0.717, 1.165) is 38.4 Å². The fourth-order valence-corrected chi connectivity index (χ4v) is 5.41. The van der Waals surface area contributed by atoms with Crippen LogP contribution in [-0.2, 0) is 17.4 Å². The first-order valence-electron chi connectivity index (χ1n) is 9.90. The molecular formula is C19H22F3N5O2. The van der Waals surface area contributed by atoms with Crippen LogP contribution in [0.25, 0.3) is 0 Å². The number of urea groups is 1. The highest BCUT2D eigenvalue weighted by Gasteiger charge is 2.56. The fraction of sp³-hybridized carbons (Fsp3) is 0.684. The number of nitrogens with one attached hydrogen (secondary N) is 1. The molecule has 3 aliphatic heterocycles. The van der Waals surface area contributed by atoms with Crippen molar-refractivity contribution in [3.05, 3.63) is 23.5 Å². The predicted octanol–water partition coefficient (Wildman–Crippen LogP) is 1.83. The molecule has 4 fully saturated rings. The maximum atomic E-state index is 12.6. The summed E-state index contributed by atoms with van der Waals surface area (Å²) in [7, 11) is 0. The quantitative estimate of drug-likeness (QED) is 0.809. The van der Waals surface area contributed by atoms with Gasteiger partial charge in [0.05, 0.1) is 11.2 Å². The number of alkyl halides is 3. The normalized spacial score (nSPS) is 24.9. The minimum atomic E-state index is -4.46. The molecule has 10 heteroatoms. The van der Waals surface area contributed by atoms with Crippen LogP contribution in [0.5, 0.6) is 0 Å². The highest BCUT2D eigenvalue weighted by atomic mass is 19.4. The Kier molecular flexibility index (Phi) is 3.89. The van der Waals surface area contributed by atoms with Gasteiger partial charge in [0.15, 0.2) is 5.69 Å². The van der Waals surface area contributed by atoms with Gasteiger partial charge in [-0.3, -0.25) is 4.79 Å². The minimum absolute atomic E-state index is 0.0412. The third-order valence-electron chi connectivity index (χ3n) is 6.77. The van der Waals surface area contributed by atoms with Crippen molar-refractivity contribution in [1.29, 1.82) is 0 Å². The summed E-state index contributed by atoms with van der Waals surface area (Å²) >= 11 is 0. The molecule has 3 saturated heterocycles. The van der Waals surface area contributed by atoms with Gasteiger partial charge in [0.2, 0.25) is 5.91 Å². The number of amides is 3. The number of aromatic nitrogens is 2. The summed E-state index contributed by atoms with van der Waals surface area (Å²) in [5.41, 5.74) is -0.428. The number of rotatable bonds is 2. The Morgan fingerprint density at radius 1 is 1.14 bits per heavy atom. The number of carbonyl (C=O) groups excluding carboxylic acids is 2. The molecular weight excluding hydrogens is 387 g/mol. The van der Waals surface area contributed by atoms with Crippen LogP contribution in [0.3, 0.4) is 0 Å². The van der Waals surface area contributed by atoms with Gasteiger partial charge in [-0.25, -0.2) is 4.79 Å². The van der Waals surface area contributed by atoms with E-state index in [4.69, 9.17) is 0 Å². The zero-order valence-electron chi connectivity index (χ0n) is 15.8. The van der Waals surface area contributed by atoms with Crippen molar-refractivity contribution in [2.24, 2.45) is 11.3 Å². The van der Waals surface area contributed by atoms with E-state index in [-0.39, 0.29) is 22.9 Å². The molecule has 0 radical (unpaired) electrons. The SMILES string of the molecule is O=C1CCC2(CN(C(=O)N3CC4(CC(Cc5ccc(C(F)(F)F)nn5)C4)C3)C2)N1. The van der Waals surface area contributed by atoms with Gasteiger partial charge in [0.25, 0.3) is 0 Å². The third-order valence-corrected chi connectivity index (χ3v) is 6.77. The molecule has 29 heavy (non-hydrogen) atoms. The monoisotopic (exact) mass is 409 g/mol. The van der Waals surface area contributed by atoms with Gasteiger partial charge in [0.1, 0.15) is 0 Å². The molecule has 3 amide bonds. The molecule has 1 N–H and O–H groups in total. The fourth-order valence-electron chi connectivity index (χ4n) is 5.41. The zero-order valence-corrected chi connectivity index (χ0v) is 15.8. The van der Waals surface area contributed by atoms with Crippen LogP contribution in [-0.4, -0.2) is 63.7 Å². The van der Waals surface area contributed by atoms with Gasteiger partial charge in [0, 0.05) is 38.0 Å². The van der Waals surface area contributed by atoms with Crippen LogP contribution in [0.2, 0.25) is 0 Å². The summed E-state index contributed by atoms with van der Waals surface area (Å²) in [6, 6.07) is 2.42. The van der Waals surface area contributed by atoms with E-state index < -0.39 is 11.9 Å². The molecule has 1 saturated carbocycles. The van der Waals surface area contributed by atoms with Crippen LogP contribution >= 0.6 is 0 Å². The van der Waals surface area contributed by atoms with Gasteiger partial charge in [-0.05, 0) is 43.7 Å². The van der Waals surface area contributed by atoms with E-state index in [1.54, 1.807) is 4.90 Å². The Morgan fingerprint density at radius 3 is 2.38 bits per heavy atom. The van der Waals surface area contributed by atoms with E-state index in [0.29, 0.717) is 37.5 Å². The standard InChI is InChI=1S/C19H22F3N5O2/c20-19(21,22)14-2-1-13(24-25-14)5-12-6-17(7-12)8-26(9-17)16(29)27-10-18(11-27)4-3-15(28)23-18/h1-2,12H,3-11H2,(H,23,28). The van der Waals surface area contributed by atoms with Crippen molar-refractivity contribution in [3.63, 3.8) is 0 Å². The van der Waals surface area contributed by atoms with E-state index in [1.165, 1.54) is 6.07 Å². The molecule has 0 aromatic carbocycles. The van der Waals surface area contributed by atoms with Gasteiger partial charge < -0.3 is 15.1 Å². The number of nitrogens with zero attached hydrogens (tertiary/aromatic N) is 4. The van der Waals surface area contributed by atoms with Crippen molar-refractivity contribution in [2.75, 3.05) is 26.2 Å². The van der Waals surface area contributed by atoms with E-state index in [2.05, 4.69) is 15.5 Å². The Labute approximate surface area is 165 Å². The smallest absolute Gasteiger partial charge is 0.347 e. The summed E-state index contributed by atoms with van der Waals surface area (Å²) in [6.07, 6.45) is -0.588. The summed E-state index contributed by atoms with van der Waals surface area (Å²) in [6.45, 7) is 2.65. The zero-order chi connectivity index (χ0) is 20.4. The largest absolute Gasteiger partial charge is 0.435 e. The lowest BCUT2D eigenvalue weighted by atomic mass is 9.57. The average molecular weight is 409 g/mol. The van der Waals surface area contributed by atoms with E-state index in [9.17, 15) is 22.8 Å². The van der Waals surface area contributed by atoms with E-state index >= 15 is 0 Å². The van der Waals surface area contributed by atoms with Crippen molar-refractivity contribution < 1.29 is 22.8 Å². The first kappa shape index (κ1) is 18.6. The maximum Gasteiger partial charge on any atom is 0.435 e. The van der Waals surface area contributed by atoms with Crippen LogP contribution in [0.15, 0.2) is 12.1 Å². The number of hydrogen-bond donors (Lipinski definition) is 1. The molecule has 1 aliphatic carbocycles. The highest BCUT2D eigenvalue weighted by molar-refractivity contribution is 5.82. The number of likely N-dealkylation sites (tertiary alicyclic amines) is 2. The predicted molar refractivity (Wildman–Crippen MR) is 94.5 cm³/mol. The van der Waals surface area contributed by atoms with Crippen molar-refractivity contribution in [2.45, 2.75) is 43.8 Å². The second-order valence-corrected chi connectivity index (χ2v) is 9.21. The van der Waals surface area contributed by atoms with Gasteiger partial charge in [-0.15, -0.1) is 5.10 Å². The molecule has 156 valence electrons. The Morgan fingerprint density at radius 2 is 1.83 bits per heavy atom. The van der Waals surface area contributed by atoms with Crippen molar-refractivity contribution in [3.8, 4) is 0 Å². The summed E-state index contributed by atoms with van der Waals surface area (Å²) < 4.78 is 37.6. The molecule has 4 heterocycles. The minimum Gasteiger partial charge on any atom is -0.347 e. The lowest BCUT2D eigenvalue weighted by molar-refractivity contribution is -0.141. The van der Waals surface area contributed by atoms with Crippen molar-refractivity contribution >= 4 is 11.9 Å². The van der Waals surface area contributed by atoms with Gasteiger partial charge >= 0.3 is 12.2 Å². The van der Waals surface area contributed by atoms with Crippen LogP contribution in [0.1, 0.15) is 37.1 Å². The molecule has 7 nitrogen and oxygen atoms in total. The summed E-state index contributed by atoms with van der Waals surface area (Å²) in [4.78, 5) is 27.6. The summed E-state index contributed by atoms with van der Waals surface area (Å²) in [5.74, 6) is 0.442. The van der Waals surface area contributed by atoms with Crippen molar-refractivity contribution in [1.82, 2.24) is 25.3 Å². The molecule has 0 unspecified atom stereocenters. The molecule has 5 rings (SSSR count). The molecule has 4 aliphatic rings. The third kappa shape index (κ3) is 3.22. The Balaban J connectivity index is 1.06. The second-order valence-electron chi connectivity index (χ2n) is 9.21. The van der Waals surface area contributed by atoms with Crippen LogP contribution in [0, 0.1) is 11.3 Å².